The number of aliphatic hydroxyl groups is 1. The highest BCUT2D eigenvalue weighted by Crippen LogP contribution is 2.50. The number of benzene rings is 2. The summed E-state index contributed by atoms with van der Waals surface area (Å²) >= 11 is 0. The third-order valence-corrected chi connectivity index (χ3v) is 4.48. The van der Waals surface area contributed by atoms with E-state index in [2.05, 4.69) is 0 Å². The van der Waals surface area contributed by atoms with Crippen LogP contribution in [0.1, 0.15) is 25.1 Å². The predicted octanol–water partition coefficient (Wildman–Crippen LogP) is 3.64. The van der Waals surface area contributed by atoms with E-state index >= 15 is 0 Å². The Morgan fingerprint density at radius 3 is 2.50 bits per heavy atom. The molecule has 1 aliphatic rings. The largest absolute Gasteiger partial charge is 0.484 e. The Labute approximate surface area is 129 Å². The van der Waals surface area contributed by atoms with Crippen LogP contribution in [0.15, 0.2) is 60.7 Å². The van der Waals surface area contributed by atoms with E-state index in [0.29, 0.717) is 11.4 Å². The van der Waals surface area contributed by atoms with Gasteiger partial charge in [-0.25, -0.2) is 4.98 Å². The Morgan fingerprint density at radius 2 is 1.64 bits per heavy atom. The van der Waals surface area contributed by atoms with Crippen molar-refractivity contribution in [2.24, 2.45) is 0 Å². The van der Waals surface area contributed by atoms with Crippen LogP contribution in [0.2, 0.25) is 0 Å². The molecule has 1 aromatic heterocycles. The van der Waals surface area contributed by atoms with E-state index in [-0.39, 0.29) is 0 Å². The number of rotatable bonds is 1. The van der Waals surface area contributed by atoms with Crippen LogP contribution < -0.4 is 4.74 Å². The summed E-state index contributed by atoms with van der Waals surface area (Å²) in [4.78, 5) is 4.69. The minimum absolute atomic E-state index is 0.612. The van der Waals surface area contributed by atoms with Crippen LogP contribution in [-0.2, 0) is 5.60 Å². The van der Waals surface area contributed by atoms with Crippen molar-refractivity contribution in [3.8, 4) is 5.75 Å². The second kappa shape index (κ2) is 4.31. The molecule has 1 N–H and O–H groups in total. The van der Waals surface area contributed by atoms with Gasteiger partial charge in [0.05, 0.1) is 11.2 Å². The SMILES string of the molecule is CC1(C)Oc2ccccc2C1(O)c1ccc2ccccc2n1. The lowest BCUT2D eigenvalue weighted by Gasteiger charge is -2.34. The third-order valence-electron chi connectivity index (χ3n) is 4.48. The lowest BCUT2D eigenvalue weighted by atomic mass is 9.79. The van der Waals surface area contributed by atoms with E-state index in [1.807, 2.05) is 74.5 Å². The second-order valence-corrected chi connectivity index (χ2v) is 6.21. The Morgan fingerprint density at radius 1 is 0.909 bits per heavy atom. The van der Waals surface area contributed by atoms with E-state index in [1.54, 1.807) is 0 Å². The Hall–Kier alpha value is -2.39. The average Bonchev–Trinajstić information content (AvgIpc) is 2.74. The molecule has 2 aromatic carbocycles. The highest BCUT2D eigenvalue weighted by molar-refractivity contribution is 5.78. The number of nitrogens with zero attached hydrogens (tertiary/aromatic N) is 1. The molecule has 110 valence electrons. The van der Waals surface area contributed by atoms with Gasteiger partial charge in [0.1, 0.15) is 11.4 Å². The first kappa shape index (κ1) is 13.3. The molecule has 0 saturated carbocycles. The van der Waals surface area contributed by atoms with Gasteiger partial charge < -0.3 is 9.84 Å². The fraction of sp³-hybridized carbons (Fsp3) is 0.211. The van der Waals surface area contributed by atoms with Crippen LogP contribution in [0.4, 0.5) is 0 Å². The van der Waals surface area contributed by atoms with Crippen molar-refractivity contribution < 1.29 is 9.84 Å². The van der Waals surface area contributed by atoms with Gasteiger partial charge in [-0.3, -0.25) is 0 Å². The molecule has 3 nitrogen and oxygen atoms in total. The van der Waals surface area contributed by atoms with E-state index in [1.165, 1.54) is 0 Å². The minimum atomic E-state index is -1.27. The van der Waals surface area contributed by atoms with Crippen molar-refractivity contribution in [3.63, 3.8) is 0 Å². The lowest BCUT2D eigenvalue weighted by Crippen LogP contribution is -2.48. The zero-order valence-corrected chi connectivity index (χ0v) is 12.6. The molecule has 3 heteroatoms. The van der Waals surface area contributed by atoms with Crippen molar-refractivity contribution in [1.29, 1.82) is 0 Å². The van der Waals surface area contributed by atoms with Gasteiger partial charge in [0, 0.05) is 10.9 Å². The van der Waals surface area contributed by atoms with Crippen LogP contribution in [-0.4, -0.2) is 15.7 Å². The summed E-state index contributed by atoms with van der Waals surface area (Å²) in [6.07, 6.45) is 0. The molecule has 1 unspecified atom stereocenters. The maximum Gasteiger partial charge on any atom is 0.174 e. The van der Waals surface area contributed by atoms with Crippen molar-refractivity contribution in [2.45, 2.75) is 25.0 Å². The Bertz CT molecular complexity index is 872. The van der Waals surface area contributed by atoms with Gasteiger partial charge in [0.2, 0.25) is 0 Å². The molecule has 0 amide bonds. The van der Waals surface area contributed by atoms with Gasteiger partial charge in [0.15, 0.2) is 5.60 Å². The first-order chi connectivity index (χ1) is 10.5. The van der Waals surface area contributed by atoms with Crippen LogP contribution in [0.3, 0.4) is 0 Å². The number of aromatic nitrogens is 1. The summed E-state index contributed by atoms with van der Waals surface area (Å²) in [6, 6.07) is 19.4. The summed E-state index contributed by atoms with van der Waals surface area (Å²) < 4.78 is 5.99. The first-order valence-electron chi connectivity index (χ1n) is 7.39. The molecule has 0 aliphatic carbocycles. The van der Waals surface area contributed by atoms with Crippen molar-refractivity contribution >= 4 is 10.9 Å². The number of fused-ring (bicyclic) bond motifs is 2. The second-order valence-electron chi connectivity index (χ2n) is 6.21. The monoisotopic (exact) mass is 291 g/mol. The van der Waals surface area contributed by atoms with Gasteiger partial charge in [-0.05, 0) is 32.0 Å². The molecule has 0 radical (unpaired) electrons. The Kier molecular flexibility index (Phi) is 2.60. The zero-order valence-electron chi connectivity index (χ0n) is 12.6. The molecular weight excluding hydrogens is 274 g/mol. The lowest BCUT2D eigenvalue weighted by molar-refractivity contribution is -0.0666. The Balaban J connectivity index is 1.98. The number of pyridine rings is 1. The summed E-state index contributed by atoms with van der Waals surface area (Å²) in [5.41, 5.74) is 0.192. The van der Waals surface area contributed by atoms with E-state index < -0.39 is 11.2 Å². The predicted molar refractivity (Wildman–Crippen MR) is 85.9 cm³/mol. The van der Waals surface area contributed by atoms with Gasteiger partial charge in [-0.15, -0.1) is 0 Å². The third kappa shape index (κ3) is 1.63. The molecule has 0 fully saturated rings. The van der Waals surface area contributed by atoms with Crippen LogP contribution in [0, 0.1) is 0 Å². The van der Waals surface area contributed by atoms with Gasteiger partial charge in [0.25, 0.3) is 0 Å². The number of hydrogen-bond donors (Lipinski definition) is 1. The molecule has 0 spiro atoms. The van der Waals surface area contributed by atoms with E-state index in [0.717, 1.165) is 16.5 Å². The smallest absolute Gasteiger partial charge is 0.174 e. The van der Waals surface area contributed by atoms with Gasteiger partial charge in [-0.1, -0.05) is 42.5 Å². The molecule has 22 heavy (non-hydrogen) atoms. The van der Waals surface area contributed by atoms with E-state index in [9.17, 15) is 5.11 Å². The number of para-hydroxylation sites is 2. The molecule has 0 bridgehead atoms. The highest BCUT2D eigenvalue weighted by Gasteiger charge is 2.55. The normalized spacial score (nSPS) is 22.3. The highest BCUT2D eigenvalue weighted by atomic mass is 16.5. The summed E-state index contributed by atoms with van der Waals surface area (Å²) in [7, 11) is 0. The van der Waals surface area contributed by atoms with Crippen molar-refractivity contribution in [2.75, 3.05) is 0 Å². The molecule has 0 saturated heterocycles. The minimum Gasteiger partial charge on any atom is -0.484 e. The summed E-state index contributed by atoms with van der Waals surface area (Å²) in [6.45, 7) is 3.79. The zero-order chi connectivity index (χ0) is 15.4. The van der Waals surface area contributed by atoms with Crippen LogP contribution in [0.25, 0.3) is 10.9 Å². The van der Waals surface area contributed by atoms with Crippen molar-refractivity contribution in [3.05, 3.63) is 71.9 Å². The summed E-state index contributed by atoms with van der Waals surface area (Å²) in [5, 5.41) is 12.6. The van der Waals surface area contributed by atoms with E-state index in [4.69, 9.17) is 9.72 Å². The fourth-order valence-electron chi connectivity index (χ4n) is 3.24. The molecule has 3 aromatic rings. The fourth-order valence-corrected chi connectivity index (χ4v) is 3.24. The van der Waals surface area contributed by atoms with Crippen molar-refractivity contribution in [1.82, 2.24) is 4.98 Å². The average molecular weight is 291 g/mol. The summed E-state index contributed by atoms with van der Waals surface area (Å²) in [5.74, 6) is 0.713. The number of ether oxygens (including phenoxy) is 1. The molecule has 1 aliphatic heterocycles. The van der Waals surface area contributed by atoms with Crippen LogP contribution >= 0.6 is 0 Å². The maximum absolute atomic E-state index is 11.5. The topological polar surface area (TPSA) is 42.4 Å². The first-order valence-corrected chi connectivity index (χ1v) is 7.39. The molecular formula is C19H17NO2. The van der Waals surface area contributed by atoms with Gasteiger partial charge >= 0.3 is 0 Å². The molecule has 1 atom stereocenters. The quantitative estimate of drug-likeness (QED) is 0.744. The number of hydrogen-bond acceptors (Lipinski definition) is 3. The standard InChI is InChI=1S/C19H17NO2/c1-18(2)19(21,14-8-4-6-10-16(14)22-18)17-12-11-13-7-3-5-9-15(13)20-17/h3-12,21H,1-2H3. The molecule has 4 rings (SSSR count). The molecule has 2 heterocycles. The maximum atomic E-state index is 11.5. The van der Waals surface area contributed by atoms with Crippen LogP contribution in [0.5, 0.6) is 5.75 Å². The van der Waals surface area contributed by atoms with Gasteiger partial charge in [-0.2, -0.15) is 0 Å².